The first-order chi connectivity index (χ1) is 11.7. The van der Waals surface area contributed by atoms with Gasteiger partial charge in [0.2, 0.25) is 0 Å². The van der Waals surface area contributed by atoms with Crippen LogP contribution in [0.4, 0.5) is 5.69 Å². The lowest BCUT2D eigenvalue weighted by Crippen LogP contribution is -2.30. The molecule has 2 aromatic carbocycles. The maximum Gasteiger partial charge on any atom is 0.161 e. The van der Waals surface area contributed by atoms with E-state index >= 15 is 0 Å². The lowest BCUT2D eigenvalue weighted by Gasteiger charge is -2.29. The van der Waals surface area contributed by atoms with Gasteiger partial charge < -0.3 is 15.2 Å². The van der Waals surface area contributed by atoms with Crippen LogP contribution >= 0.6 is 12.4 Å². The van der Waals surface area contributed by atoms with Gasteiger partial charge in [0.1, 0.15) is 0 Å². The number of nitrogen functional groups attached to an aromatic ring is 1. The summed E-state index contributed by atoms with van der Waals surface area (Å²) in [7, 11) is 0. The van der Waals surface area contributed by atoms with Crippen molar-refractivity contribution < 1.29 is 9.47 Å². The minimum atomic E-state index is 0. The monoisotopic (exact) mass is 362 g/mol. The first kappa shape index (κ1) is 19.4. The minimum absolute atomic E-state index is 0. The van der Waals surface area contributed by atoms with Gasteiger partial charge in [0.15, 0.2) is 11.5 Å². The summed E-state index contributed by atoms with van der Waals surface area (Å²) in [6.45, 7) is 8.19. The molecular weight excluding hydrogens is 336 g/mol. The highest BCUT2D eigenvalue weighted by molar-refractivity contribution is 5.85. The van der Waals surface area contributed by atoms with Gasteiger partial charge in [-0.25, -0.2) is 0 Å². The zero-order valence-electron chi connectivity index (χ0n) is 15.0. The first-order valence-corrected chi connectivity index (χ1v) is 8.67. The molecule has 0 fully saturated rings. The maximum absolute atomic E-state index is 5.89. The van der Waals surface area contributed by atoms with Crippen LogP contribution in [0.3, 0.4) is 0 Å². The Morgan fingerprint density at radius 2 is 1.68 bits per heavy atom. The van der Waals surface area contributed by atoms with Crippen molar-refractivity contribution >= 4 is 18.1 Å². The molecule has 0 aromatic heterocycles. The maximum atomic E-state index is 5.89. The average molecular weight is 363 g/mol. The minimum Gasteiger partial charge on any atom is -0.490 e. The Kier molecular flexibility index (Phi) is 6.97. The molecule has 0 saturated carbocycles. The second-order valence-electron chi connectivity index (χ2n) is 6.14. The normalized spacial score (nSPS) is 13.7. The Labute approximate surface area is 156 Å². The highest BCUT2D eigenvalue weighted by Gasteiger charge is 2.20. The second-order valence-corrected chi connectivity index (χ2v) is 6.14. The summed E-state index contributed by atoms with van der Waals surface area (Å²) in [5, 5.41) is 0. The largest absolute Gasteiger partial charge is 0.490 e. The fraction of sp³-hybridized carbons (Fsp3) is 0.400. The van der Waals surface area contributed by atoms with Gasteiger partial charge in [-0.3, -0.25) is 4.90 Å². The third-order valence-electron chi connectivity index (χ3n) is 4.31. The quantitative estimate of drug-likeness (QED) is 0.787. The van der Waals surface area contributed by atoms with E-state index in [-0.39, 0.29) is 12.4 Å². The molecule has 3 rings (SSSR count). The zero-order chi connectivity index (χ0) is 16.9. The molecule has 4 nitrogen and oxygen atoms in total. The fourth-order valence-corrected chi connectivity index (χ4v) is 3.24. The van der Waals surface area contributed by atoms with E-state index < -0.39 is 0 Å². The molecule has 2 aromatic rings. The molecule has 0 atom stereocenters. The fourth-order valence-electron chi connectivity index (χ4n) is 3.24. The van der Waals surface area contributed by atoms with Crippen molar-refractivity contribution in [3.63, 3.8) is 0 Å². The number of rotatable bonds is 6. The summed E-state index contributed by atoms with van der Waals surface area (Å²) in [5.74, 6) is 1.71. The number of anilines is 1. The Hall–Kier alpha value is -1.91. The molecule has 0 amide bonds. The standard InChI is InChI=1S/C20H26N2O2.ClH/c1-3-23-19-11-16-8-9-22(13-15-6-5-7-18(21)10-15)14-17(16)12-20(19)24-4-2;/h5-7,10-12H,3-4,8-9,13-14,21H2,1-2H3;1H. The topological polar surface area (TPSA) is 47.7 Å². The lowest BCUT2D eigenvalue weighted by molar-refractivity contribution is 0.242. The predicted octanol–water partition coefficient (Wildman–Crippen LogP) is 4.05. The summed E-state index contributed by atoms with van der Waals surface area (Å²) in [6.07, 6.45) is 1.03. The number of hydrogen-bond acceptors (Lipinski definition) is 4. The number of halogens is 1. The molecule has 1 aliphatic rings. The number of ether oxygens (including phenoxy) is 2. The van der Waals surface area contributed by atoms with Gasteiger partial charge in [-0.2, -0.15) is 0 Å². The van der Waals surface area contributed by atoms with Crippen LogP contribution < -0.4 is 15.2 Å². The molecule has 0 spiro atoms. The summed E-state index contributed by atoms with van der Waals surface area (Å²) in [5.41, 5.74) is 10.7. The van der Waals surface area contributed by atoms with Gasteiger partial charge in [0.25, 0.3) is 0 Å². The van der Waals surface area contributed by atoms with Gasteiger partial charge >= 0.3 is 0 Å². The highest BCUT2D eigenvalue weighted by atomic mass is 35.5. The van der Waals surface area contributed by atoms with E-state index in [1.807, 2.05) is 26.0 Å². The average Bonchev–Trinajstić information content (AvgIpc) is 2.56. The molecule has 25 heavy (non-hydrogen) atoms. The van der Waals surface area contributed by atoms with Gasteiger partial charge in [-0.1, -0.05) is 12.1 Å². The lowest BCUT2D eigenvalue weighted by atomic mass is 9.98. The van der Waals surface area contributed by atoms with Crippen molar-refractivity contribution in [3.8, 4) is 11.5 Å². The third-order valence-corrected chi connectivity index (χ3v) is 4.31. The Bertz CT molecular complexity index is 706. The Morgan fingerprint density at radius 1 is 1.00 bits per heavy atom. The molecule has 0 radical (unpaired) electrons. The predicted molar refractivity (Wildman–Crippen MR) is 105 cm³/mol. The smallest absolute Gasteiger partial charge is 0.161 e. The summed E-state index contributed by atoms with van der Waals surface area (Å²) in [6, 6.07) is 12.4. The van der Waals surface area contributed by atoms with Crippen molar-refractivity contribution in [1.82, 2.24) is 4.90 Å². The van der Waals surface area contributed by atoms with E-state index in [0.29, 0.717) is 13.2 Å². The second kappa shape index (κ2) is 8.97. The van der Waals surface area contributed by atoms with Gasteiger partial charge in [0, 0.05) is 25.3 Å². The van der Waals surface area contributed by atoms with Crippen LogP contribution in [0.2, 0.25) is 0 Å². The summed E-state index contributed by atoms with van der Waals surface area (Å²) >= 11 is 0. The molecule has 5 heteroatoms. The summed E-state index contributed by atoms with van der Waals surface area (Å²) < 4.78 is 11.5. The molecular formula is C20H27ClN2O2. The van der Waals surface area contributed by atoms with Crippen LogP contribution in [0.15, 0.2) is 36.4 Å². The highest BCUT2D eigenvalue weighted by Crippen LogP contribution is 2.34. The van der Waals surface area contributed by atoms with Crippen molar-refractivity contribution in [2.45, 2.75) is 33.4 Å². The molecule has 136 valence electrons. The van der Waals surface area contributed by atoms with Crippen LogP contribution in [-0.4, -0.2) is 24.7 Å². The van der Waals surface area contributed by atoms with Crippen molar-refractivity contribution in [2.75, 3.05) is 25.5 Å². The number of benzene rings is 2. The van der Waals surface area contributed by atoms with Crippen molar-refractivity contribution in [3.05, 3.63) is 53.1 Å². The van der Waals surface area contributed by atoms with Crippen LogP contribution in [0.5, 0.6) is 11.5 Å². The zero-order valence-corrected chi connectivity index (χ0v) is 15.8. The van der Waals surface area contributed by atoms with Crippen molar-refractivity contribution in [2.24, 2.45) is 0 Å². The molecule has 2 N–H and O–H groups in total. The van der Waals surface area contributed by atoms with Crippen LogP contribution in [-0.2, 0) is 19.5 Å². The van der Waals surface area contributed by atoms with E-state index in [2.05, 4.69) is 29.2 Å². The Balaban J connectivity index is 0.00000225. The van der Waals surface area contributed by atoms with Gasteiger partial charge in [0.05, 0.1) is 13.2 Å². The third kappa shape index (κ3) is 4.80. The van der Waals surface area contributed by atoms with E-state index in [1.54, 1.807) is 0 Å². The molecule has 0 unspecified atom stereocenters. The van der Waals surface area contributed by atoms with Gasteiger partial charge in [-0.05, 0) is 61.2 Å². The molecule has 0 saturated heterocycles. The van der Waals surface area contributed by atoms with Gasteiger partial charge in [-0.15, -0.1) is 12.4 Å². The number of fused-ring (bicyclic) bond motifs is 1. The van der Waals surface area contributed by atoms with Crippen LogP contribution in [0.25, 0.3) is 0 Å². The number of nitrogens with zero attached hydrogens (tertiary/aromatic N) is 1. The van der Waals surface area contributed by atoms with E-state index in [1.165, 1.54) is 16.7 Å². The van der Waals surface area contributed by atoms with E-state index in [9.17, 15) is 0 Å². The number of hydrogen-bond donors (Lipinski definition) is 1. The summed E-state index contributed by atoms with van der Waals surface area (Å²) in [4.78, 5) is 2.45. The van der Waals surface area contributed by atoms with E-state index in [4.69, 9.17) is 15.2 Å². The first-order valence-electron chi connectivity index (χ1n) is 8.67. The SMILES string of the molecule is CCOc1cc2c(cc1OCC)CN(Cc1cccc(N)c1)CC2.Cl. The molecule has 0 bridgehead atoms. The molecule has 1 heterocycles. The molecule has 0 aliphatic carbocycles. The van der Waals surface area contributed by atoms with Crippen LogP contribution in [0.1, 0.15) is 30.5 Å². The van der Waals surface area contributed by atoms with Crippen molar-refractivity contribution in [1.29, 1.82) is 0 Å². The molecule has 1 aliphatic heterocycles. The number of nitrogens with two attached hydrogens (primary N) is 1. The van der Waals surface area contributed by atoms with Crippen LogP contribution in [0, 0.1) is 0 Å². The van der Waals surface area contributed by atoms with E-state index in [0.717, 1.165) is 43.2 Å². The Morgan fingerprint density at radius 3 is 2.32 bits per heavy atom.